The van der Waals surface area contributed by atoms with E-state index in [0.29, 0.717) is 14.7 Å². The van der Waals surface area contributed by atoms with Crippen LogP contribution in [0.4, 0.5) is 4.79 Å². The maximum absolute atomic E-state index is 12.3. The second kappa shape index (κ2) is 9.52. The number of carbonyl (C=O) groups is 3. The molecule has 2 atom stereocenters. The third-order valence-corrected chi connectivity index (χ3v) is 5.43. The van der Waals surface area contributed by atoms with Crippen molar-refractivity contribution in [1.29, 1.82) is 0 Å². The predicted molar refractivity (Wildman–Crippen MR) is 105 cm³/mol. The van der Waals surface area contributed by atoms with Crippen LogP contribution >= 0.6 is 31.9 Å². The number of hydrogen-bond donors (Lipinski definition) is 3. The molecule has 28 heavy (non-hydrogen) atoms. The monoisotopic (exact) mass is 523 g/mol. The fourth-order valence-corrected chi connectivity index (χ4v) is 4.36. The van der Waals surface area contributed by atoms with Crippen molar-refractivity contribution in [2.75, 3.05) is 27.3 Å². The van der Waals surface area contributed by atoms with Gasteiger partial charge in [0.15, 0.2) is 11.4 Å². The van der Waals surface area contributed by atoms with Crippen molar-refractivity contribution in [3.63, 3.8) is 0 Å². The number of aliphatic hydroxyl groups is 1. The predicted octanol–water partition coefficient (Wildman–Crippen LogP) is 0.839. The molecule has 154 valence electrons. The first-order valence-corrected chi connectivity index (χ1v) is 9.70. The Hall–Kier alpha value is -1.92. The van der Waals surface area contributed by atoms with Crippen LogP contribution in [0.5, 0.6) is 0 Å². The Labute approximate surface area is 177 Å². The summed E-state index contributed by atoms with van der Waals surface area (Å²) in [6, 6.07) is 0. The molecule has 12 heteroatoms. The van der Waals surface area contributed by atoms with E-state index < -0.39 is 23.7 Å². The number of aliphatic hydroxyl groups excluding tert-OH is 1. The molecule has 2 amide bonds. The van der Waals surface area contributed by atoms with Crippen molar-refractivity contribution >= 4 is 55.4 Å². The van der Waals surface area contributed by atoms with Gasteiger partial charge in [-0.15, -0.1) is 0 Å². The molecule has 10 nitrogen and oxygen atoms in total. The van der Waals surface area contributed by atoms with E-state index in [0.717, 1.165) is 0 Å². The number of alkyl carbamates (subject to hydrolysis) is 1. The Morgan fingerprint density at radius 1 is 1.36 bits per heavy atom. The number of methoxy groups -OCH3 is 2. The molecule has 0 radical (unpaired) electrons. The highest BCUT2D eigenvalue weighted by atomic mass is 79.9. The molecule has 0 aromatic rings. The minimum atomic E-state index is -1.26. The molecular formula is C16H19Br2N3O7. The smallest absolute Gasteiger partial charge is 0.406 e. The highest BCUT2D eigenvalue weighted by Gasteiger charge is 2.50. The van der Waals surface area contributed by atoms with Crippen LogP contribution in [0.15, 0.2) is 26.0 Å². The number of halogens is 2. The van der Waals surface area contributed by atoms with Gasteiger partial charge in [0.2, 0.25) is 0 Å². The van der Waals surface area contributed by atoms with Gasteiger partial charge >= 0.3 is 6.09 Å². The third kappa shape index (κ3) is 4.92. The average molecular weight is 525 g/mol. The van der Waals surface area contributed by atoms with Gasteiger partial charge in [-0.2, -0.15) is 0 Å². The van der Waals surface area contributed by atoms with Crippen LogP contribution in [-0.2, 0) is 23.9 Å². The summed E-state index contributed by atoms with van der Waals surface area (Å²) in [7, 11) is 2.68. The van der Waals surface area contributed by atoms with Crippen LogP contribution < -0.4 is 10.6 Å². The highest BCUT2D eigenvalue weighted by molar-refractivity contribution is 9.12. The minimum Gasteiger partial charge on any atom is -0.495 e. The lowest BCUT2D eigenvalue weighted by molar-refractivity contribution is -0.121. The normalized spacial score (nSPS) is 23.5. The molecule has 1 aliphatic carbocycles. The number of nitrogens with one attached hydrogen (secondary N) is 2. The van der Waals surface area contributed by atoms with E-state index in [2.05, 4.69) is 52.4 Å². The summed E-state index contributed by atoms with van der Waals surface area (Å²) in [6.45, 7) is -0.130. The second-order valence-corrected chi connectivity index (χ2v) is 7.64. The molecule has 0 fully saturated rings. The van der Waals surface area contributed by atoms with E-state index in [-0.39, 0.29) is 37.4 Å². The molecule has 0 bridgehead atoms. The standard InChI is InChI=1S/C16H19Br2N3O7/c1-26-12-9(17)5-16(13(23)11(12)18)6-10(21-28-16)14(24)20-7-8(22)3-4-19-15(25)27-2/h5,13,23H,3-4,6-7H2,1-2H3,(H,19,25)(H,20,24). The van der Waals surface area contributed by atoms with E-state index in [1.54, 1.807) is 6.08 Å². The molecular weight excluding hydrogens is 506 g/mol. The topological polar surface area (TPSA) is 136 Å². The summed E-state index contributed by atoms with van der Waals surface area (Å²) in [6.07, 6.45) is -0.159. The van der Waals surface area contributed by atoms with Gasteiger partial charge in [0.25, 0.3) is 5.91 Å². The van der Waals surface area contributed by atoms with Crippen LogP contribution in [0.3, 0.4) is 0 Å². The SMILES string of the molecule is COC(=O)NCCC(=O)CNC(=O)C1=NOC2(C=C(Br)C(OC)=C(Br)C2O)C1. The first-order valence-electron chi connectivity index (χ1n) is 8.11. The van der Waals surface area contributed by atoms with Gasteiger partial charge in [-0.25, -0.2) is 4.79 Å². The van der Waals surface area contributed by atoms with E-state index in [1.165, 1.54) is 14.2 Å². The molecule has 2 unspecified atom stereocenters. The summed E-state index contributed by atoms with van der Waals surface area (Å²) in [5, 5.41) is 19.1. The molecule has 1 heterocycles. The zero-order valence-electron chi connectivity index (χ0n) is 15.1. The minimum absolute atomic E-state index is 0.000713. The molecule has 0 aromatic carbocycles. The Balaban J connectivity index is 1.88. The van der Waals surface area contributed by atoms with Gasteiger partial charge in [-0.1, -0.05) is 5.16 Å². The number of ether oxygens (including phenoxy) is 2. The highest BCUT2D eigenvalue weighted by Crippen LogP contribution is 2.43. The number of ketones is 1. The van der Waals surface area contributed by atoms with E-state index >= 15 is 0 Å². The van der Waals surface area contributed by atoms with Crippen molar-refractivity contribution in [2.24, 2.45) is 5.16 Å². The van der Waals surface area contributed by atoms with Crippen molar-refractivity contribution in [1.82, 2.24) is 10.6 Å². The largest absolute Gasteiger partial charge is 0.495 e. The van der Waals surface area contributed by atoms with Gasteiger partial charge in [-0.05, 0) is 37.9 Å². The Bertz CT molecular complexity index is 765. The quantitative estimate of drug-likeness (QED) is 0.449. The van der Waals surface area contributed by atoms with Crippen LogP contribution in [0, 0.1) is 0 Å². The zero-order valence-corrected chi connectivity index (χ0v) is 18.3. The number of rotatable bonds is 7. The summed E-state index contributed by atoms with van der Waals surface area (Å²) in [5.74, 6) is -0.457. The van der Waals surface area contributed by atoms with Crippen LogP contribution in [0.2, 0.25) is 0 Å². The molecule has 0 saturated carbocycles. The number of nitrogens with zero attached hydrogens (tertiary/aromatic N) is 1. The number of hydrogen-bond acceptors (Lipinski definition) is 8. The van der Waals surface area contributed by atoms with Gasteiger partial charge in [0, 0.05) is 19.4 Å². The summed E-state index contributed by atoms with van der Waals surface area (Å²) < 4.78 is 10.5. The van der Waals surface area contributed by atoms with Gasteiger partial charge < -0.3 is 30.1 Å². The van der Waals surface area contributed by atoms with Crippen LogP contribution in [-0.4, -0.2) is 67.6 Å². The number of amides is 2. The molecule has 3 N–H and O–H groups in total. The van der Waals surface area contributed by atoms with E-state index in [9.17, 15) is 19.5 Å². The molecule has 0 aromatic heterocycles. The summed E-state index contributed by atoms with van der Waals surface area (Å²) in [4.78, 5) is 40.3. The lowest BCUT2D eigenvalue weighted by Gasteiger charge is -2.33. The number of carbonyl (C=O) groups excluding carboxylic acids is 3. The maximum Gasteiger partial charge on any atom is 0.406 e. The fraction of sp³-hybridized carbons (Fsp3) is 0.500. The van der Waals surface area contributed by atoms with Gasteiger partial charge in [-0.3, -0.25) is 9.59 Å². The Morgan fingerprint density at radius 2 is 2.07 bits per heavy atom. The van der Waals surface area contributed by atoms with Crippen LogP contribution in [0.1, 0.15) is 12.8 Å². The molecule has 2 rings (SSSR count). The van der Waals surface area contributed by atoms with E-state index in [1.807, 2.05) is 0 Å². The van der Waals surface area contributed by atoms with Crippen molar-refractivity contribution in [2.45, 2.75) is 24.5 Å². The number of oxime groups is 1. The lowest BCUT2D eigenvalue weighted by atomic mass is 9.87. The molecule has 1 aliphatic heterocycles. The van der Waals surface area contributed by atoms with Crippen molar-refractivity contribution in [3.8, 4) is 0 Å². The first kappa shape index (κ1) is 22.4. The molecule has 1 spiro atoms. The van der Waals surface area contributed by atoms with E-state index in [4.69, 9.17) is 9.57 Å². The van der Waals surface area contributed by atoms with Gasteiger partial charge in [0.05, 0.1) is 29.7 Å². The summed E-state index contributed by atoms with van der Waals surface area (Å²) in [5.41, 5.74) is -1.22. The fourth-order valence-electron chi connectivity index (χ4n) is 2.56. The average Bonchev–Trinajstić information content (AvgIpc) is 3.09. The Kier molecular flexibility index (Phi) is 7.61. The Morgan fingerprint density at radius 3 is 2.71 bits per heavy atom. The summed E-state index contributed by atoms with van der Waals surface area (Å²) >= 11 is 6.61. The second-order valence-electron chi connectivity index (χ2n) is 5.93. The maximum atomic E-state index is 12.3. The van der Waals surface area contributed by atoms with Gasteiger partial charge in [0.1, 0.15) is 17.6 Å². The molecule has 0 saturated heterocycles. The molecule has 2 aliphatic rings. The zero-order chi connectivity index (χ0) is 20.9. The van der Waals surface area contributed by atoms with Crippen molar-refractivity contribution in [3.05, 3.63) is 20.8 Å². The number of Topliss-reactive ketones (excluding diaryl/α,β-unsaturated/α-hetero) is 1. The first-order chi connectivity index (χ1) is 13.2. The van der Waals surface area contributed by atoms with Crippen molar-refractivity contribution < 1.29 is 33.8 Å². The number of allylic oxidation sites excluding steroid dienone is 1. The lowest BCUT2D eigenvalue weighted by Crippen LogP contribution is -2.45. The third-order valence-electron chi connectivity index (χ3n) is 4.05. The van der Waals surface area contributed by atoms with Crippen LogP contribution in [0.25, 0.3) is 0 Å².